The van der Waals surface area contributed by atoms with Gasteiger partial charge in [-0.25, -0.2) is 0 Å². The average molecular weight is 588 g/mol. The van der Waals surface area contributed by atoms with Gasteiger partial charge in [-0.1, -0.05) is 42.5 Å². The molecule has 0 unspecified atom stereocenters. The highest BCUT2D eigenvalue weighted by atomic mass is 127. The Balaban J connectivity index is 1.54. The quantitative estimate of drug-likeness (QED) is 0.141. The SMILES string of the molecule is COc1cc(/C=C(\C#N)C(=O)Nc2ccc(C)c(C)c2)cc(I)c1OCc1ccc2ccccc2c1. The van der Waals surface area contributed by atoms with E-state index < -0.39 is 5.91 Å². The van der Waals surface area contributed by atoms with Gasteiger partial charge < -0.3 is 14.8 Å². The fraction of sp³-hybridized carbons (Fsp3) is 0.133. The Kier molecular flexibility index (Phi) is 7.91. The number of nitrogens with zero attached hydrogens (tertiary/aromatic N) is 1. The molecule has 0 saturated heterocycles. The molecule has 0 aliphatic heterocycles. The van der Waals surface area contributed by atoms with Gasteiger partial charge in [-0.3, -0.25) is 4.79 Å². The number of benzene rings is 4. The van der Waals surface area contributed by atoms with Crippen LogP contribution in [0.2, 0.25) is 0 Å². The fourth-order valence-corrected chi connectivity index (χ4v) is 4.56. The number of aryl methyl sites for hydroxylation is 2. The van der Waals surface area contributed by atoms with Crippen LogP contribution in [0.3, 0.4) is 0 Å². The lowest BCUT2D eigenvalue weighted by atomic mass is 10.1. The molecule has 1 amide bonds. The number of methoxy groups -OCH3 is 1. The first-order valence-corrected chi connectivity index (χ1v) is 12.4. The summed E-state index contributed by atoms with van der Waals surface area (Å²) in [5.41, 5.74) is 4.55. The Labute approximate surface area is 224 Å². The number of nitriles is 1. The number of fused-ring (bicyclic) bond motifs is 1. The van der Waals surface area contributed by atoms with Crippen LogP contribution >= 0.6 is 22.6 Å². The van der Waals surface area contributed by atoms with E-state index in [2.05, 4.69) is 52.2 Å². The summed E-state index contributed by atoms with van der Waals surface area (Å²) in [5.74, 6) is 0.675. The monoisotopic (exact) mass is 588 g/mol. The summed E-state index contributed by atoms with van der Waals surface area (Å²) >= 11 is 2.18. The van der Waals surface area contributed by atoms with Crippen molar-refractivity contribution in [1.82, 2.24) is 0 Å². The largest absolute Gasteiger partial charge is 0.493 e. The molecule has 0 atom stereocenters. The molecule has 0 heterocycles. The summed E-state index contributed by atoms with van der Waals surface area (Å²) in [6.07, 6.45) is 1.55. The molecule has 0 fully saturated rings. The molecular weight excluding hydrogens is 563 g/mol. The zero-order valence-electron chi connectivity index (χ0n) is 20.3. The zero-order valence-corrected chi connectivity index (χ0v) is 22.4. The van der Waals surface area contributed by atoms with E-state index in [4.69, 9.17) is 9.47 Å². The van der Waals surface area contributed by atoms with Crippen molar-refractivity contribution in [3.63, 3.8) is 0 Å². The molecule has 6 heteroatoms. The average Bonchev–Trinajstić information content (AvgIpc) is 2.88. The molecule has 180 valence electrons. The second-order valence-electron chi connectivity index (χ2n) is 8.43. The number of hydrogen-bond donors (Lipinski definition) is 1. The lowest BCUT2D eigenvalue weighted by Gasteiger charge is -2.14. The van der Waals surface area contributed by atoms with Crippen LogP contribution in [-0.2, 0) is 11.4 Å². The molecule has 5 nitrogen and oxygen atoms in total. The van der Waals surface area contributed by atoms with Crippen molar-refractivity contribution in [3.05, 3.63) is 104 Å². The summed E-state index contributed by atoms with van der Waals surface area (Å²) < 4.78 is 12.5. The van der Waals surface area contributed by atoms with Crippen molar-refractivity contribution in [2.24, 2.45) is 0 Å². The maximum Gasteiger partial charge on any atom is 0.266 e. The Morgan fingerprint density at radius 2 is 1.78 bits per heavy atom. The molecule has 0 aliphatic carbocycles. The maximum atomic E-state index is 12.7. The highest BCUT2D eigenvalue weighted by molar-refractivity contribution is 14.1. The van der Waals surface area contributed by atoms with Gasteiger partial charge in [-0.2, -0.15) is 5.26 Å². The van der Waals surface area contributed by atoms with Gasteiger partial charge >= 0.3 is 0 Å². The normalized spacial score (nSPS) is 11.1. The molecule has 4 rings (SSSR count). The van der Waals surface area contributed by atoms with Gasteiger partial charge in [0.1, 0.15) is 18.2 Å². The van der Waals surface area contributed by atoms with Crippen LogP contribution in [-0.4, -0.2) is 13.0 Å². The number of anilines is 1. The first-order chi connectivity index (χ1) is 17.4. The van der Waals surface area contributed by atoms with E-state index >= 15 is 0 Å². The van der Waals surface area contributed by atoms with E-state index in [-0.39, 0.29) is 5.57 Å². The number of carbonyl (C=O) groups excluding carboxylic acids is 1. The third-order valence-corrected chi connectivity index (χ3v) is 6.69. The summed E-state index contributed by atoms with van der Waals surface area (Å²) in [4.78, 5) is 12.7. The van der Waals surface area contributed by atoms with Crippen molar-refractivity contribution >= 4 is 51.0 Å². The predicted octanol–water partition coefficient (Wildman–Crippen LogP) is 7.19. The Hall–Kier alpha value is -3.83. The number of carbonyl (C=O) groups is 1. The van der Waals surface area contributed by atoms with Crippen LogP contribution in [0.15, 0.2) is 78.4 Å². The highest BCUT2D eigenvalue weighted by Crippen LogP contribution is 2.35. The van der Waals surface area contributed by atoms with Gasteiger partial charge in [0.2, 0.25) is 0 Å². The summed E-state index contributed by atoms with van der Waals surface area (Å²) in [6.45, 7) is 4.36. The third kappa shape index (κ3) is 5.86. The van der Waals surface area contributed by atoms with Crippen molar-refractivity contribution in [2.75, 3.05) is 12.4 Å². The van der Waals surface area contributed by atoms with Crippen LogP contribution in [0.4, 0.5) is 5.69 Å². The first-order valence-electron chi connectivity index (χ1n) is 11.4. The van der Waals surface area contributed by atoms with Gasteiger partial charge in [0, 0.05) is 5.69 Å². The molecule has 0 bridgehead atoms. The van der Waals surface area contributed by atoms with Crippen LogP contribution in [0, 0.1) is 28.7 Å². The van der Waals surface area contributed by atoms with Gasteiger partial charge in [-0.15, -0.1) is 0 Å². The standard InChI is InChI=1S/C30H25IN2O3/c1-19-8-11-26(12-20(19)2)33-30(34)25(17-32)14-22-15-27(31)29(28(16-22)35-3)36-18-21-9-10-23-6-4-5-7-24(23)13-21/h4-16H,18H2,1-3H3,(H,33,34)/b25-14+. The van der Waals surface area contributed by atoms with Crippen molar-refractivity contribution in [1.29, 1.82) is 5.26 Å². The smallest absolute Gasteiger partial charge is 0.266 e. The summed E-state index contributed by atoms with van der Waals surface area (Å²) in [6, 6.07) is 25.7. The second kappa shape index (κ2) is 11.3. The number of nitrogens with one attached hydrogen (secondary N) is 1. The van der Waals surface area contributed by atoms with Crippen molar-refractivity contribution < 1.29 is 14.3 Å². The number of hydrogen-bond acceptors (Lipinski definition) is 4. The molecule has 0 radical (unpaired) electrons. The van der Waals surface area contributed by atoms with Crippen molar-refractivity contribution in [2.45, 2.75) is 20.5 Å². The topological polar surface area (TPSA) is 71.3 Å². The van der Waals surface area contributed by atoms with Crippen molar-refractivity contribution in [3.8, 4) is 17.6 Å². The Morgan fingerprint density at radius 1 is 1.00 bits per heavy atom. The molecule has 0 aliphatic rings. The van der Waals surface area contributed by atoms with E-state index in [0.29, 0.717) is 29.4 Å². The minimum absolute atomic E-state index is 0.00378. The summed E-state index contributed by atoms with van der Waals surface area (Å²) in [5, 5.41) is 14.8. The molecule has 36 heavy (non-hydrogen) atoms. The summed E-state index contributed by atoms with van der Waals surface area (Å²) in [7, 11) is 1.57. The van der Waals surface area contributed by atoms with Crippen LogP contribution in [0.1, 0.15) is 22.3 Å². The number of rotatable bonds is 7. The van der Waals surface area contributed by atoms with Crippen LogP contribution < -0.4 is 14.8 Å². The second-order valence-corrected chi connectivity index (χ2v) is 9.59. The molecule has 0 aromatic heterocycles. The molecule has 4 aromatic carbocycles. The zero-order chi connectivity index (χ0) is 25.7. The van der Waals surface area contributed by atoms with E-state index in [0.717, 1.165) is 25.6 Å². The number of amides is 1. The van der Waals surface area contributed by atoms with Gasteiger partial charge in [-0.05, 0) is 106 Å². The van der Waals surface area contributed by atoms with Gasteiger partial charge in [0.15, 0.2) is 11.5 Å². The lowest BCUT2D eigenvalue weighted by Crippen LogP contribution is -2.13. The maximum absolute atomic E-state index is 12.7. The molecule has 4 aromatic rings. The van der Waals surface area contributed by atoms with E-state index in [1.165, 1.54) is 5.39 Å². The molecule has 0 saturated carbocycles. The number of halogens is 1. The Bertz CT molecular complexity index is 1520. The lowest BCUT2D eigenvalue weighted by molar-refractivity contribution is -0.112. The molecule has 0 spiro atoms. The molecule has 1 N–H and O–H groups in total. The minimum atomic E-state index is -0.466. The number of ether oxygens (including phenoxy) is 2. The Morgan fingerprint density at radius 3 is 2.50 bits per heavy atom. The first kappa shape index (κ1) is 25.3. The van der Waals surface area contributed by atoms with Crippen LogP contribution in [0.5, 0.6) is 11.5 Å². The van der Waals surface area contributed by atoms with E-state index in [1.807, 2.05) is 62.4 Å². The van der Waals surface area contributed by atoms with Gasteiger partial charge in [0.05, 0.1) is 10.7 Å². The predicted molar refractivity (Wildman–Crippen MR) is 152 cm³/mol. The van der Waals surface area contributed by atoms with Gasteiger partial charge in [0.25, 0.3) is 5.91 Å². The van der Waals surface area contributed by atoms with Crippen LogP contribution in [0.25, 0.3) is 16.8 Å². The minimum Gasteiger partial charge on any atom is -0.493 e. The third-order valence-electron chi connectivity index (χ3n) is 5.89. The highest BCUT2D eigenvalue weighted by Gasteiger charge is 2.15. The van der Waals surface area contributed by atoms with E-state index in [1.54, 1.807) is 19.3 Å². The molecular formula is C30H25IN2O3. The van der Waals surface area contributed by atoms with E-state index in [9.17, 15) is 10.1 Å². The fourth-order valence-electron chi connectivity index (χ4n) is 3.78.